The van der Waals surface area contributed by atoms with E-state index in [0.717, 1.165) is 12.8 Å². The van der Waals surface area contributed by atoms with Crippen LogP contribution in [0.15, 0.2) is 30.3 Å². The Morgan fingerprint density at radius 3 is 2.45 bits per heavy atom. The van der Waals surface area contributed by atoms with Crippen LogP contribution in [0, 0.1) is 0 Å². The van der Waals surface area contributed by atoms with Gasteiger partial charge in [-0.05, 0) is 25.3 Å². The summed E-state index contributed by atoms with van der Waals surface area (Å²) >= 11 is 0. The van der Waals surface area contributed by atoms with Crippen molar-refractivity contribution < 1.29 is 14.9 Å². The van der Waals surface area contributed by atoms with E-state index in [4.69, 9.17) is 0 Å². The van der Waals surface area contributed by atoms with E-state index in [1.54, 1.807) is 12.4 Å². The number of nitrogens with one attached hydrogen (secondary N) is 2. The summed E-state index contributed by atoms with van der Waals surface area (Å²) < 4.78 is 0. The molecule has 0 aliphatic heterocycles. The standard InChI is InChI=1S/C15H23N3O2/c1-12(8-9-13-6-4-3-5-7-13)18-15(20)11-17-10-14(19)16-2/h3-7,12,17H,8-11H2,1-2H3,(H,16,19)(H,18,20)/p+1/t12-/m1/s1. The van der Waals surface area contributed by atoms with E-state index in [9.17, 15) is 9.59 Å². The zero-order valence-corrected chi connectivity index (χ0v) is 12.2. The minimum atomic E-state index is -0.0741. The van der Waals surface area contributed by atoms with Crippen LogP contribution in [0.5, 0.6) is 0 Å². The van der Waals surface area contributed by atoms with Gasteiger partial charge in [0.2, 0.25) is 0 Å². The van der Waals surface area contributed by atoms with Gasteiger partial charge in [-0.15, -0.1) is 0 Å². The van der Waals surface area contributed by atoms with E-state index in [0.29, 0.717) is 0 Å². The summed E-state index contributed by atoms with van der Waals surface area (Å²) in [5, 5.41) is 7.15. The Bertz CT molecular complexity index is 420. The zero-order chi connectivity index (χ0) is 14.8. The topological polar surface area (TPSA) is 74.8 Å². The average Bonchev–Trinajstić information content (AvgIpc) is 2.46. The van der Waals surface area contributed by atoms with Gasteiger partial charge in [-0.2, -0.15) is 0 Å². The summed E-state index contributed by atoms with van der Waals surface area (Å²) in [7, 11) is 1.59. The molecule has 0 fully saturated rings. The third-order valence-corrected chi connectivity index (χ3v) is 3.05. The van der Waals surface area contributed by atoms with Gasteiger partial charge in [0.15, 0.2) is 13.1 Å². The SMILES string of the molecule is CNC(=O)C[NH2+]CC(=O)N[C@H](C)CCc1ccccc1. The molecule has 0 aliphatic rings. The molecule has 0 unspecified atom stereocenters. The molecule has 5 nitrogen and oxygen atoms in total. The first-order valence-electron chi connectivity index (χ1n) is 6.97. The quantitative estimate of drug-likeness (QED) is 0.596. The van der Waals surface area contributed by atoms with Gasteiger partial charge in [0.05, 0.1) is 0 Å². The monoisotopic (exact) mass is 278 g/mol. The highest BCUT2D eigenvalue weighted by atomic mass is 16.2. The van der Waals surface area contributed by atoms with Crippen molar-refractivity contribution in [2.75, 3.05) is 20.1 Å². The molecule has 0 radical (unpaired) electrons. The highest BCUT2D eigenvalue weighted by Gasteiger charge is 2.10. The molecule has 1 aromatic carbocycles. The minimum absolute atomic E-state index is 0.0329. The number of aryl methyl sites for hydroxylation is 1. The van der Waals surface area contributed by atoms with Crippen molar-refractivity contribution in [2.45, 2.75) is 25.8 Å². The fourth-order valence-corrected chi connectivity index (χ4v) is 1.87. The summed E-state index contributed by atoms with van der Waals surface area (Å²) in [6.07, 6.45) is 1.86. The van der Waals surface area contributed by atoms with Crippen molar-refractivity contribution in [3.05, 3.63) is 35.9 Å². The molecule has 110 valence electrons. The largest absolute Gasteiger partial charge is 0.354 e. The first kappa shape index (κ1) is 16.2. The highest BCUT2D eigenvalue weighted by molar-refractivity contribution is 5.78. The lowest BCUT2D eigenvalue weighted by Crippen LogP contribution is -2.88. The normalized spacial score (nSPS) is 11.7. The predicted molar refractivity (Wildman–Crippen MR) is 78.1 cm³/mol. The molecule has 20 heavy (non-hydrogen) atoms. The smallest absolute Gasteiger partial charge is 0.275 e. The van der Waals surface area contributed by atoms with Crippen LogP contribution in [-0.2, 0) is 16.0 Å². The average molecular weight is 278 g/mol. The van der Waals surface area contributed by atoms with Gasteiger partial charge in [0.25, 0.3) is 11.8 Å². The first-order chi connectivity index (χ1) is 9.61. The number of rotatable bonds is 8. The second-order valence-corrected chi connectivity index (χ2v) is 4.86. The molecule has 4 N–H and O–H groups in total. The van der Waals surface area contributed by atoms with Crippen LogP contribution in [0.2, 0.25) is 0 Å². The maximum Gasteiger partial charge on any atom is 0.275 e. The summed E-state index contributed by atoms with van der Waals surface area (Å²) in [6, 6.07) is 10.4. The van der Waals surface area contributed by atoms with Crippen LogP contribution in [0.1, 0.15) is 18.9 Å². The molecule has 0 aliphatic carbocycles. The number of likely N-dealkylation sites (N-methyl/N-ethyl adjacent to an activating group) is 1. The maximum atomic E-state index is 11.7. The summed E-state index contributed by atoms with van der Waals surface area (Å²) in [5.41, 5.74) is 1.28. The molecular weight excluding hydrogens is 254 g/mol. The Labute approximate surface area is 120 Å². The molecule has 0 spiro atoms. The summed E-state index contributed by atoms with van der Waals surface area (Å²) in [4.78, 5) is 22.7. The number of amides is 2. The number of benzene rings is 1. The van der Waals surface area contributed by atoms with Crippen LogP contribution < -0.4 is 16.0 Å². The molecule has 0 saturated heterocycles. The molecule has 1 rings (SSSR count). The van der Waals surface area contributed by atoms with Gasteiger partial charge in [0, 0.05) is 13.1 Å². The van der Waals surface area contributed by atoms with Gasteiger partial charge in [-0.25, -0.2) is 0 Å². The summed E-state index contributed by atoms with van der Waals surface area (Å²) in [6.45, 7) is 2.56. The molecule has 1 aromatic rings. The lowest BCUT2D eigenvalue weighted by Gasteiger charge is -2.13. The van der Waals surface area contributed by atoms with Crippen molar-refractivity contribution in [3.63, 3.8) is 0 Å². The number of hydrogen-bond acceptors (Lipinski definition) is 2. The predicted octanol–water partition coefficient (Wildman–Crippen LogP) is -0.567. The molecule has 0 saturated carbocycles. The van der Waals surface area contributed by atoms with Crippen molar-refractivity contribution in [2.24, 2.45) is 0 Å². The Kier molecular flexibility index (Phi) is 7.35. The minimum Gasteiger partial charge on any atom is -0.354 e. The number of quaternary nitrogens is 1. The Morgan fingerprint density at radius 1 is 1.15 bits per heavy atom. The van der Waals surface area contributed by atoms with Gasteiger partial charge in [-0.1, -0.05) is 30.3 Å². The maximum absolute atomic E-state index is 11.7. The third kappa shape index (κ3) is 6.89. The van der Waals surface area contributed by atoms with E-state index in [1.165, 1.54) is 5.56 Å². The second kappa shape index (κ2) is 9.09. The zero-order valence-electron chi connectivity index (χ0n) is 12.2. The van der Waals surface area contributed by atoms with Crippen LogP contribution in [0.3, 0.4) is 0 Å². The second-order valence-electron chi connectivity index (χ2n) is 4.86. The molecular formula is C15H24N3O2+. The lowest BCUT2D eigenvalue weighted by molar-refractivity contribution is -0.633. The molecule has 1 atom stereocenters. The first-order valence-corrected chi connectivity index (χ1v) is 6.97. The fraction of sp³-hybridized carbons (Fsp3) is 0.467. The summed E-state index contributed by atoms with van der Waals surface area (Å²) in [5.74, 6) is -0.107. The Morgan fingerprint density at radius 2 is 1.80 bits per heavy atom. The van der Waals surface area contributed by atoms with Crippen LogP contribution in [0.4, 0.5) is 0 Å². The fourth-order valence-electron chi connectivity index (χ4n) is 1.87. The van der Waals surface area contributed by atoms with E-state index < -0.39 is 0 Å². The molecule has 0 heterocycles. The molecule has 5 heteroatoms. The molecule has 0 aromatic heterocycles. The Balaban J connectivity index is 2.16. The highest BCUT2D eigenvalue weighted by Crippen LogP contribution is 2.04. The number of carbonyl (C=O) groups excluding carboxylic acids is 2. The van der Waals surface area contributed by atoms with Crippen molar-refractivity contribution in [1.29, 1.82) is 0 Å². The van der Waals surface area contributed by atoms with Gasteiger partial charge in [-0.3, -0.25) is 9.59 Å². The van der Waals surface area contributed by atoms with Crippen molar-refractivity contribution in [1.82, 2.24) is 10.6 Å². The van der Waals surface area contributed by atoms with Crippen LogP contribution in [0.25, 0.3) is 0 Å². The Hall–Kier alpha value is -1.88. The molecule has 0 bridgehead atoms. The van der Waals surface area contributed by atoms with E-state index in [2.05, 4.69) is 22.8 Å². The number of nitrogens with two attached hydrogens (primary N) is 1. The van der Waals surface area contributed by atoms with E-state index in [-0.39, 0.29) is 30.9 Å². The van der Waals surface area contributed by atoms with E-state index >= 15 is 0 Å². The van der Waals surface area contributed by atoms with Gasteiger partial charge < -0.3 is 16.0 Å². The van der Waals surface area contributed by atoms with Crippen molar-refractivity contribution >= 4 is 11.8 Å². The number of hydrogen-bond donors (Lipinski definition) is 3. The van der Waals surface area contributed by atoms with E-state index in [1.807, 2.05) is 25.1 Å². The van der Waals surface area contributed by atoms with Crippen LogP contribution in [-0.4, -0.2) is 38.0 Å². The van der Waals surface area contributed by atoms with Gasteiger partial charge in [0.1, 0.15) is 0 Å². The van der Waals surface area contributed by atoms with Gasteiger partial charge >= 0.3 is 0 Å². The molecule has 2 amide bonds. The number of carbonyl (C=O) groups is 2. The van der Waals surface area contributed by atoms with Crippen LogP contribution >= 0.6 is 0 Å². The van der Waals surface area contributed by atoms with Crippen molar-refractivity contribution in [3.8, 4) is 0 Å². The third-order valence-electron chi connectivity index (χ3n) is 3.05. The lowest BCUT2D eigenvalue weighted by atomic mass is 10.1.